The molecule has 0 atom stereocenters. The largest absolute Gasteiger partial charge is 0.508 e. The highest BCUT2D eigenvalue weighted by Gasteiger charge is 2.08. The maximum Gasteiger partial charge on any atom is 0.225 e. The second-order valence-electron chi connectivity index (χ2n) is 3.00. The Morgan fingerprint density at radius 3 is 2.50 bits per heavy atom. The van der Waals surface area contributed by atoms with Gasteiger partial charge in [-0.1, -0.05) is 6.08 Å². The summed E-state index contributed by atoms with van der Waals surface area (Å²) in [7, 11) is 1.65. The summed E-state index contributed by atoms with van der Waals surface area (Å²) < 4.78 is 0. The molecule has 0 saturated heterocycles. The van der Waals surface area contributed by atoms with Crippen LogP contribution in [0.3, 0.4) is 0 Å². The highest BCUT2D eigenvalue weighted by atomic mass is 32.2. The quantitative estimate of drug-likeness (QED) is 0.633. The molecule has 84 valence electrons. The Morgan fingerprint density at radius 1 is 1.38 bits per heavy atom. The number of aromatic hydroxyl groups is 1. The first-order valence-electron chi connectivity index (χ1n) is 4.78. The molecule has 1 aromatic rings. The van der Waals surface area contributed by atoms with Gasteiger partial charge in [0.05, 0.1) is 5.04 Å². The standard InChI is InChI=1S/C12H13NO2S/c1-3-4-11(13-2)16-12(15)9-5-7-10(14)8-6-9/h3-8,14H,1-2H3/b4-3-,13-11?. The van der Waals surface area contributed by atoms with Crippen molar-refractivity contribution in [1.82, 2.24) is 0 Å². The van der Waals surface area contributed by atoms with E-state index in [0.717, 1.165) is 11.8 Å². The van der Waals surface area contributed by atoms with Gasteiger partial charge in [-0.25, -0.2) is 0 Å². The number of carbonyl (C=O) groups excluding carboxylic acids is 1. The first-order chi connectivity index (χ1) is 7.67. The van der Waals surface area contributed by atoms with Crippen molar-refractivity contribution in [2.24, 2.45) is 4.99 Å². The van der Waals surface area contributed by atoms with Crippen molar-refractivity contribution in [3.05, 3.63) is 42.0 Å². The fourth-order valence-electron chi connectivity index (χ4n) is 1.05. The number of rotatable bonds is 2. The van der Waals surface area contributed by atoms with Crippen molar-refractivity contribution in [2.75, 3.05) is 7.05 Å². The molecule has 0 aliphatic carbocycles. The highest BCUT2D eigenvalue weighted by molar-refractivity contribution is 8.27. The minimum Gasteiger partial charge on any atom is -0.508 e. The van der Waals surface area contributed by atoms with Gasteiger partial charge in [0.25, 0.3) is 0 Å². The van der Waals surface area contributed by atoms with Crippen molar-refractivity contribution < 1.29 is 9.90 Å². The molecule has 1 rings (SSSR count). The predicted molar refractivity (Wildman–Crippen MR) is 68.2 cm³/mol. The minimum atomic E-state index is -0.0845. The first-order valence-corrected chi connectivity index (χ1v) is 5.59. The van der Waals surface area contributed by atoms with E-state index in [1.165, 1.54) is 12.1 Å². The molecule has 0 fully saturated rings. The third kappa shape index (κ3) is 3.55. The van der Waals surface area contributed by atoms with Crippen molar-refractivity contribution in [3.8, 4) is 5.75 Å². The smallest absolute Gasteiger partial charge is 0.225 e. The summed E-state index contributed by atoms with van der Waals surface area (Å²) in [6.07, 6.45) is 3.61. The van der Waals surface area contributed by atoms with Crippen molar-refractivity contribution in [3.63, 3.8) is 0 Å². The first kappa shape index (κ1) is 12.5. The van der Waals surface area contributed by atoms with Crippen LogP contribution in [0.1, 0.15) is 17.3 Å². The normalized spacial score (nSPS) is 12.0. The van der Waals surface area contributed by atoms with E-state index in [0.29, 0.717) is 10.6 Å². The monoisotopic (exact) mass is 235 g/mol. The van der Waals surface area contributed by atoms with Crippen molar-refractivity contribution in [1.29, 1.82) is 0 Å². The van der Waals surface area contributed by atoms with Crippen LogP contribution < -0.4 is 0 Å². The number of hydrogen-bond acceptors (Lipinski definition) is 4. The molecule has 4 heteroatoms. The maximum atomic E-state index is 11.8. The topological polar surface area (TPSA) is 49.7 Å². The molecule has 0 aliphatic rings. The van der Waals surface area contributed by atoms with E-state index in [-0.39, 0.29) is 10.9 Å². The molecule has 3 nitrogen and oxygen atoms in total. The van der Waals surface area contributed by atoms with E-state index in [4.69, 9.17) is 5.11 Å². The lowest BCUT2D eigenvalue weighted by Crippen LogP contribution is -1.98. The van der Waals surface area contributed by atoms with Gasteiger partial charge in [0, 0.05) is 12.6 Å². The van der Waals surface area contributed by atoms with Crippen LogP contribution in [0.5, 0.6) is 5.75 Å². The van der Waals surface area contributed by atoms with Gasteiger partial charge in [-0.3, -0.25) is 9.79 Å². The van der Waals surface area contributed by atoms with E-state index in [1.54, 1.807) is 25.3 Å². The molecule has 0 spiro atoms. The SMILES string of the molecule is C/C=C\C(=NC)SC(=O)c1ccc(O)cc1. The number of hydrogen-bond donors (Lipinski definition) is 1. The molecule has 0 radical (unpaired) electrons. The summed E-state index contributed by atoms with van der Waals surface area (Å²) in [5, 5.41) is 9.68. The summed E-state index contributed by atoms with van der Waals surface area (Å²) in [6, 6.07) is 6.17. The van der Waals surface area contributed by atoms with Gasteiger partial charge < -0.3 is 5.11 Å². The lowest BCUT2D eigenvalue weighted by atomic mass is 10.2. The molecular formula is C12H13NO2S. The molecule has 0 bridgehead atoms. The number of allylic oxidation sites excluding steroid dienone is 1. The average Bonchev–Trinajstić information content (AvgIpc) is 2.29. The number of aliphatic imine (C=N–C) groups is 1. The van der Waals surface area contributed by atoms with Crippen LogP contribution in [0.25, 0.3) is 0 Å². The second-order valence-corrected chi connectivity index (χ2v) is 3.99. The third-order valence-electron chi connectivity index (χ3n) is 1.83. The maximum absolute atomic E-state index is 11.8. The molecular weight excluding hydrogens is 222 g/mol. The zero-order valence-electron chi connectivity index (χ0n) is 9.18. The zero-order chi connectivity index (χ0) is 12.0. The molecule has 0 aromatic heterocycles. The molecule has 0 unspecified atom stereocenters. The van der Waals surface area contributed by atoms with Crippen LogP contribution in [-0.2, 0) is 0 Å². The van der Waals surface area contributed by atoms with Crippen LogP contribution >= 0.6 is 11.8 Å². The van der Waals surface area contributed by atoms with E-state index in [9.17, 15) is 4.79 Å². The molecule has 0 heterocycles. The van der Waals surface area contributed by atoms with Gasteiger partial charge in [0.15, 0.2) is 0 Å². The Bertz CT molecular complexity index is 421. The number of phenolic OH excluding ortho intramolecular Hbond substituents is 1. The predicted octanol–water partition coefficient (Wildman–Crippen LogP) is 2.87. The lowest BCUT2D eigenvalue weighted by Gasteiger charge is -2.00. The van der Waals surface area contributed by atoms with E-state index in [1.807, 2.05) is 13.0 Å². The van der Waals surface area contributed by atoms with Gasteiger partial charge >= 0.3 is 0 Å². The minimum absolute atomic E-state index is 0.0845. The van der Waals surface area contributed by atoms with E-state index < -0.39 is 0 Å². The van der Waals surface area contributed by atoms with Gasteiger partial charge in [-0.05, 0) is 49.0 Å². The molecule has 16 heavy (non-hydrogen) atoms. The number of benzene rings is 1. The molecule has 1 aromatic carbocycles. The lowest BCUT2D eigenvalue weighted by molar-refractivity contribution is 0.109. The fraction of sp³-hybridized carbons (Fsp3) is 0.167. The van der Waals surface area contributed by atoms with Gasteiger partial charge in [-0.2, -0.15) is 0 Å². The van der Waals surface area contributed by atoms with Crippen LogP contribution in [0.2, 0.25) is 0 Å². The van der Waals surface area contributed by atoms with Crippen LogP contribution in [0.4, 0.5) is 0 Å². The van der Waals surface area contributed by atoms with Gasteiger partial charge in [0.2, 0.25) is 5.12 Å². The third-order valence-corrected chi connectivity index (χ3v) is 2.78. The number of carbonyl (C=O) groups is 1. The number of phenols is 1. The van der Waals surface area contributed by atoms with Crippen LogP contribution in [-0.4, -0.2) is 22.3 Å². The summed E-state index contributed by atoms with van der Waals surface area (Å²) in [5.41, 5.74) is 0.549. The Balaban J connectivity index is 2.76. The number of nitrogens with zero attached hydrogens (tertiary/aromatic N) is 1. The molecule has 0 aliphatic heterocycles. The van der Waals surface area contributed by atoms with E-state index >= 15 is 0 Å². The second kappa shape index (κ2) is 6.12. The zero-order valence-corrected chi connectivity index (χ0v) is 9.99. The Labute approximate surface area is 98.9 Å². The van der Waals surface area contributed by atoms with Crippen molar-refractivity contribution >= 4 is 21.9 Å². The summed E-state index contributed by atoms with van der Waals surface area (Å²) in [4.78, 5) is 15.8. The summed E-state index contributed by atoms with van der Waals surface area (Å²) >= 11 is 1.07. The average molecular weight is 235 g/mol. The Kier molecular flexibility index (Phi) is 4.79. The van der Waals surface area contributed by atoms with Gasteiger partial charge in [0.1, 0.15) is 5.75 Å². The molecule has 1 N–H and O–H groups in total. The number of thioether (sulfide) groups is 1. The molecule has 0 amide bonds. The van der Waals surface area contributed by atoms with Crippen LogP contribution in [0.15, 0.2) is 41.4 Å². The van der Waals surface area contributed by atoms with Gasteiger partial charge in [-0.15, -0.1) is 0 Å². The van der Waals surface area contributed by atoms with Crippen molar-refractivity contribution in [2.45, 2.75) is 6.92 Å². The summed E-state index contributed by atoms with van der Waals surface area (Å²) in [6.45, 7) is 1.87. The Hall–Kier alpha value is -1.55. The van der Waals surface area contributed by atoms with Crippen LogP contribution in [0, 0.1) is 0 Å². The Morgan fingerprint density at radius 2 is 2.00 bits per heavy atom. The molecule has 0 saturated carbocycles. The fourth-order valence-corrected chi connectivity index (χ4v) is 1.79. The van der Waals surface area contributed by atoms with E-state index in [2.05, 4.69) is 4.99 Å². The highest BCUT2D eigenvalue weighted by Crippen LogP contribution is 2.17. The summed E-state index contributed by atoms with van der Waals surface area (Å²) in [5.74, 6) is 0.152.